The first-order valence-corrected chi connectivity index (χ1v) is 6.33. The highest BCUT2D eigenvalue weighted by molar-refractivity contribution is 5.95. The van der Waals surface area contributed by atoms with Crippen LogP contribution >= 0.6 is 0 Å². The number of nitrogens with zero attached hydrogens (tertiary/aromatic N) is 1. The molecule has 1 fully saturated rings. The Balaban J connectivity index is 2.21. The molecule has 0 saturated carbocycles. The second kappa shape index (κ2) is 5.40. The molecule has 4 nitrogen and oxygen atoms in total. The summed E-state index contributed by atoms with van der Waals surface area (Å²) in [5, 5.41) is 3.20. The minimum absolute atomic E-state index is 0.0855. The van der Waals surface area contributed by atoms with Crippen LogP contribution in [-0.4, -0.2) is 43.6 Å². The minimum Gasteiger partial charge on any atom is -0.496 e. The fraction of sp³-hybridized carbons (Fsp3) is 0.500. The Labute approximate surface area is 108 Å². The molecule has 0 aliphatic carbocycles. The van der Waals surface area contributed by atoms with Crippen LogP contribution in [0.25, 0.3) is 0 Å². The lowest BCUT2D eigenvalue weighted by Crippen LogP contribution is -2.58. The van der Waals surface area contributed by atoms with Gasteiger partial charge in [0.1, 0.15) is 5.75 Å². The summed E-state index contributed by atoms with van der Waals surface area (Å²) in [7, 11) is 1.63. The molecule has 2 rings (SSSR count). The fourth-order valence-corrected chi connectivity index (χ4v) is 2.18. The molecule has 0 atom stereocenters. The molecule has 1 aliphatic rings. The zero-order valence-electron chi connectivity index (χ0n) is 11.2. The second-order valence-electron chi connectivity index (χ2n) is 4.59. The van der Waals surface area contributed by atoms with Crippen molar-refractivity contribution < 1.29 is 9.53 Å². The van der Waals surface area contributed by atoms with Crippen LogP contribution in [0, 0.1) is 6.92 Å². The predicted octanol–water partition coefficient (Wildman–Crippen LogP) is 1.44. The van der Waals surface area contributed by atoms with Gasteiger partial charge in [0.15, 0.2) is 0 Å². The van der Waals surface area contributed by atoms with E-state index in [2.05, 4.69) is 5.32 Å². The number of nitrogens with one attached hydrogen (secondary N) is 1. The molecule has 0 spiro atoms. The lowest BCUT2D eigenvalue weighted by atomic mass is 10.1. The smallest absolute Gasteiger partial charge is 0.254 e. The Morgan fingerprint density at radius 2 is 2.22 bits per heavy atom. The number of aryl methyl sites for hydroxylation is 1. The van der Waals surface area contributed by atoms with Gasteiger partial charge in [0, 0.05) is 25.2 Å². The third kappa shape index (κ3) is 2.34. The van der Waals surface area contributed by atoms with Crippen molar-refractivity contribution in [1.82, 2.24) is 10.2 Å². The van der Waals surface area contributed by atoms with Gasteiger partial charge in [0.25, 0.3) is 5.91 Å². The van der Waals surface area contributed by atoms with Crippen LogP contribution in [0.2, 0.25) is 0 Å². The van der Waals surface area contributed by atoms with Gasteiger partial charge < -0.3 is 15.0 Å². The van der Waals surface area contributed by atoms with Crippen molar-refractivity contribution in [3.05, 3.63) is 29.3 Å². The standard InChI is InChI=1S/C14H20N2O2/c1-4-16(12-8-15-9-12)14(17)11-6-5-10(2)13(7-11)18-3/h5-7,12,15H,4,8-9H2,1-3H3. The van der Waals surface area contributed by atoms with Crippen LogP contribution in [-0.2, 0) is 0 Å². The first-order valence-electron chi connectivity index (χ1n) is 6.33. The van der Waals surface area contributed by atoms with Crippen molar-refractivity contribution in [2.24, 2.45) is 0 Å². The van der Waals surface area contributed by atoms with Crippen LogP contribution in [0.4, 0.5) is 0 Å². The molecule has 0 radical (unpaired) electrons. The number of ether oxygens (including phenoxy) is 1. The van der Waals surface area contributed by atoms with Crippen molar-refractivity contribution in [1.29, 1.82) is 0 Å². The van der Waals surface area contributed by atoms with E-state index in [-0.39, 0.29) is 5.91 Å². The zero-order valence-corrected chi connectivity index (χ0v) is 11.2. The second-order valence-corrected chi connectivity index (χ2v) is 4.59. The number of carbonyl (C=O) groups excluding carboxylic acids is 1. The van der Waals surface area contributed by atoms with Gasteiger partial charge >= 0.3 is 0 Å². The molecule has 0 bridgehead atoms. The number of hydrogen-bond acceptors (Lipinski definition) is 3. The van der Waals surface area contributed by atoms with Crippen LogP contribution in [0.15, 0.2) is 18.2 Å². The number of methoxy groups -OCH3 is 1. The van der Waals surface area contributed by atoms with Gasteiger partial charge in [-0.3, -0.25) is 4.79 Å². The average molecular weight is 248 g/mol. The molecule has 1 heterocycles. The summed E-state index contributed by atoms with van der Waals surface area (Å²) in [6, 6.07) is 5.95. The molecule has 0 unspecified atom stereocenters. The molecule has 1 N–H and O–H groups in total. The van der Waals surface area contributed by atoms with Gasteiger partial charge in [0.05, 0.1) is 13.2 Å². The molecule has 0 aromatic heterocycles. The van der Waals surface area contributed by atoms with Gasteiger partial charge in [0.2, 0.25) is 0 Å². The first-order chi connectivity index (χ1) is 8.67. The monoisotopic (exact) mass is 248 g/mol. The highest BCUT2D eigenvalue weighted by Crippen LogP contribution is 2.21. The highest BCUT2D eigenvalue weighted by atomic mass is 16.5. The number of benzene rings is 1. The minimum atomic E-state index is 0.0855. The summed E-state index contributed by atoms with van der Waals surface area (Å²) < 4.78 is 5.27. The molecule has 1 amide bonds. The lowest BCUT2D eigenvalue weighted by molar-refractivity contribution is 0.0630. The van der Waals surface area contributed by atoms with E-state index in [0.717, 1.165) is 30.9 Å². The van der Waals surface area contributed by atoms with E-state index in [4.69, 9.17) is 4.74 Å². The maximum Gasteiger partial charge on any atom is 0.254 e. The molecule has 1 aliphatic heterocycles. The Morgan fingerprint density at radius 1 is 1.50 bits per heavy atom. The third-order valence-electron chi connectivity index (χ3n) is 3.46. The Hall–Kier alpha value is -1.55. The summed E-state index contributed by atoms with van der Waals surface area (Å²) in [4.78, 5) is 14.3. The van der Waals surface area contributed by atoms with E-state index in [1.165, 1.54) is 0 Å². The van der Waals surface area contributed by atoms with E-state index in [1.807, 2.05) is 36.9 Å². The van der Waals surface area contributed by atoms with Crippen LogP contribution in [0.3, 0.4) is 0 Å². The normalized spacial score (nSPS) is 15.1. The average Bonchev–Trinajstić information content (AvgIpc) is 2.33. The summed E-state index contributed by atoms with van der Waals surface area (Å²) in [6.07, 6.45) is 0. The summed E-state index contributed by atoms with van der Waals surface area (Å²) >= 11 is 0. The number of likely N-dealkylation sites (N-methyl/N-ethyl adjacent to an activating group) is 1. The predicted molar refractivity (Wildman–Crippen MR) is 71.1 cm³/mol. The van der Waals surface area contributed by atoms with E-state index in [1.54, 1.807) is 7.11 Å². The Bertz CT molecular complexity index is 441. The molecule has 1 aromatic rings. The Morgan fingerprint density at radius 3 is 2.72 bits per heavy atom. The number of amides is 1. The first kappa shape index (κ1) is 12.9. The van der Waals surface area contributed by atoms with Crippen LogP contribution < -0.4 is 10.1 Å². The highest BCUT2D eigenvalue weighted by Gasteiger charge is 2.28. The van der Waals surface area contributed by atoms with Crippen molar-refractivity contribution in [3.63, 3.8) is 0 Å². The zero-order chi connectivity index (χ0) is 13.1. The molecule has 1 aromatic carbocycles. The van der Waals surface area contributed by atoms with E-state index < -0.39 is 0 Å². The van der Waals surface area contributed by atoms with Gasteiger partial charge in [-0.1, -0.05) is 6.07 Å². The van der Waals surface area contributed by atoms with Crippen molar-refractivity contribution >= 4 is 5.91 Å². The maximum atomic E-state index is 12.4. The van der Waals surface area contributed by atoms with Crippen molar-refractivity contribution in [3.8, 4) is 5.75 Å². The third-order valence-corrected chi connectivity index (χ3v) is 3.46. The molecular weight excluding hydrogens is 228 g/mol. The molecule has 4 heteroatoms. The van der Waals surface area contributed by atoms with E-state index in [0.29, 0.717) is 11.6 Å². The van der Waals surface area contributed by atoms with Crippen molar-refractivity contribution in [2.75, 3.05) is 26.7 Å². The summed E-state index contributed by atoms with van der Waals surface area (Å²) in [5.41, 5.74) is 1.74. The number of carbonyl (C=O) groups is 1. The van der Waals surface area contributed by atoms with E-state index >= 15 is 0 Å². The Kier molecular flexibility index (Phi) is 3.87. The molecule has 18 heavy (non-hydrogen) atoms. The number of rotatable bonds is 4. The fourth-order valence-electron chi connectivity index (χ4n) is 2.18. The van der Waals surface area contributed by atoms with E-state index in [9.17, 15) is 4.79 Å². The van der Waals surface area contributed by atoms with Gasteiger partial charge in [-0.15, -0.1) is 0 Å². The SMILES string of the molecule is CCN(C(=O)c1ccc(C)c(OC)c1)C1CNC1. The maximum absolute atomic E-state index is 12.4. The summed E-state index contributed by atoms with van der Waals surface area (Å²) in [6.45, 7) is 6.51. The topological polar surface area (TPSA) is 41.6 Å². The lowest BCUT2D eigenvalue weighted by Gasteiger charge is -2.37. The number of hydrogen-bond donors (Lipinski definition) is 1. The molecule has 1 saturated heterocycles. The van der Waals surface area contributed by atoms with Crippen LogP contribution in [0.1, 0.15) is 22.8 Å². The molecular formula is C14H20N2O2. The van der Waals surface area contributed by atoms with Crippen molar-refractivity contribution in [2.45, 2.75) is 19.9 Å². The quantitative estimate of drug-likeness (QED) is 0.876. The van der Waals surface area contributed by atoms with Gasteiger partial charge in [-0.25, -0.2) is 0 Å². The molecule has 98 valence electrons. The van der Waals surface area contributed by atoms with Gasteiger partial charge in [-0.2, -0.15) is 0 Å². The van der Waals surface area contributed by atoms with Crippen LogP contribution in [0.5, 0.6) is 5.75 Å². The summed E-state index contributed by atoms with van der Waals surface area (Å²) in [5.74, 6) is 0.853. The van der Waals surface area contributed by atoms with Gasteiger partial charge in [-0.05, 0) is 31.5 Å². The largest absolute Gasteiger partial charge is 0.496 e.